The third-order valence-electron chi connectivity index (χ3n) is 3.89. The van der Waals surface area contributed by atoms with Crippen molar-refractivity contribution in [2.45, 2.75) is 38.3 Å². The molecule has 0 saturated carbocycles. The number of hydrogen-bond donors (Lipinski definition) is 2. The molecule has 2 N–H and O–H groups in total. The summed E-state index contributed by atoms with van der Waals surface area (Å²) < 4.78 is 5.69. The fourth-order valence-corrected chi connectivity index (χ4v) is 2.79. The Kier molecular flexibility index (Phi) is 3.98. The van der Waals surface area contributed by atoms with Crippen LogP contribution in [0.5, 0.6) is 0 Å². The van der Waals surface area contributed by atoms with Crippen LogP contribution in [0.1, 0.15) is 37.0 Å². The average Bonchev–Trinajstić information content (AvgIpc) is 2.94. The third-order valence-corrected chi connectivity index (χ3v) is 3.89. The summed E-state index contributed by atoms with van der Waals surface area (Å²) in [6.07, 6.45) is 2.99. The van der Waals surface area contributed by atoms with Crippen LogP contribution in [0.25, 0.3) is 0 Å². The molecule has 0 aromatic carbocycles. The quantitative estimate of drug-likeness (QED) is 0.805. The number of piperidine rings is 1. The highest BCUT2D eigenvalue weighted by atomic mass is 16.5. The Balaban J connectivity index is 1.63. The number of carbonyl (C=O) groups is 1. The lowest BCUT2D eigenvalue weighted by molar-refractivity contribution is -0.142. The Labute approximate surface area is 118 Å². The molecule has 7 nitrogen and oxygen atoms in total. The summed E-state index contributed by atoms with van der Waals surface area (Å²) in [5, 5.41) is 10.3. The molecule has 0 bridgehead atoms. The molecule has 0 radical (unpaired) electrons. The number of nitrogens with zero attached hydrogens (tertiary/aromatic N) is 3. The average molecular weight is 279 g/mol. The predicted octanol–water partition coefficient (Wildman–Crippen LogP) is 0.155. The third kappa shape index (κ3) is 2.83. The van der Waals surface area contributed by atoms with Gasteiger partial charge >= 0.3 is 0 Å². The standard InChI is InChI=1S/C13H21N5O2/c1-9-15-12(17-16-9)11-8-18(6-7-20-11)13(19)10-4-2-3-5-14-10/h10-11,14H,2-8H2,1H3,(H,15,16,17)/t10-,11?/m1/s1. The molecule has 1 aromatic heterocycles. The van der Waals surface area contributed by atoms with Gasteiger partial charge in [-0.2, -0.15) is 5.10 Å². The number of amides is 1. The number of aromatic nitrogens is 3. The zero-order valence-corrected chi connectivity index (χ0v) is 11.8. The van der Waals surface area contributed by atoms with Gasteiger partial charge in [-0.1, -0.05) is 6.42 Å². The molecule has 2 saturated heterocycles. The molecule has 20 heavy (non-hydrogen) atoms. The second kappa shape index (κ2) is 5.88. The molecule has 3 heterocycles. The molecule has 1 unspecified atom stereocenters. The summed E-state index contributed by atoms with van der Waals surface area (Å²) in [6.45, 7) is 4.51. The fraction of sp³-hybridized carbons (Fsp3) is 0.769. The minimum absolute atomic E-state index is 0.0311. The van der Waals surface area contributed by atoms with Crippen LogP contribution in [-0.4, -0.2) is 58.3 Å². The molecular formula is C13H21N5O2. The van der Waals surface area contributed by atoms with Crippen molar-refractivity contribution in [3.8, 4) is 0 Å². The van der Waals surface area contributed by atoms with Crippen LogP contribution in [0, 0.1) is 6.92 Å². The van der Waals surface area contributed by atoms with E-state index in [1.165, 1.54) is 0 Å². The summed E-state index contributed by atoms with van der Waals surface area (Å²) in [7, 11) is 0. The van der Waals surface area contributed by atoms with Gasteiger partial charge in [0.2, 0.25) is 5.91 Å². The Hall–Kier alpha value is -1.47. The van der Waals surface area contributed by atoms with Gasteiger partial charge in [0.15, 0.2) is 5.82 Å². The Bertz CT molecular complexity index is 469. The van der Waals surface area contributed by atoms with Gasteiger partial charge in [0, 0.05) is 6.54 Å². The molecule has 2 fully saturated rings. The van der Waals surface area contributed by atoms with Crippen molar-refractivity contribution in [2.24, 2.45) is 0 Å². The van der Waals surface area contributed by atoms with Crippen LogP contribution < -0.4 is 5.32 Å². The lowest BCUT2D eigenvalue weighted by Gasteiger charge is -2.35. The van der Waals surface area contributed by atoms with Crippen LogP contribution in [0.2, 0.25) is 0 Å². The number of aromatic amines is 1. The first-order chi connectivity index (χ1) is 9.74. The molecule has 2 atom stereocenters. The van der Waals surface area contributed by atoms with E-state index in [0.717, 1.165) is 31.6 Å². The second-order valence-electron chi connectivity index (χ2n) is 5.43. The molecule has 2 aliphatic heterocycles. The number of nitrogens with one attached hydrogen (secondary N) is 2. The number of rotatable bonds is 2. The molecule has 2 aliphatic rings. The maximum atomic E-state index is 12.5. The van der Waals surface area contributed by atoms with Gasteiger partial charge in [0.05, 0.1) is 19.2 Å². The van der Waals surface area contributed by atoms with Crippen LogP contribution in [0.4, 0.5) is 0 Å². The van der Waals surface area contributed by atoms with Gasteiger partial charge in [0.1, 0.15) is 11.9 Å². The highest BCUT2D eigenvalue weighted by molar-refractivity contribution is 5.82. The Morgan fingerprint density at radius 2 is 2.35 bits per heavy atom. The number of H-pyrrole nitrogens is 1. The van der Waals surface area contributed by atoms with Crippen LogP contribution in [0.15, 0.2) is 0 Å². The molecule has 1 aromatic rings. The maximum Gasteiger partial charge on any atom is 0.239 e. The normalized spacial score (nSPS) is 27.6. The van der Waals surface area contributed by atoms with Gasteiger partial charge in [-0.25, -0.2) is 4.98 Å². The van der Waals surface area contributed by atoms with Gasteiger partial charge in [-0.05, 0) is 26.3 Å². The van der Waals surface area contributed by atoms with Crippen molar-refractivity contribution in [3.05, 3.63) is 11.6 Å². The van der Waals surface area contributed by atoms with Gasteiger partial charge in [-0.3, -0.25) is 9.89 Å². The molecular weight excluding hydrogens is 258 g/mol. The first-order valence-electron chi connectivity index (χ1n) is 7.27. The van der Waals surface area contributed by atoms with Gasteiger partial charge in [0.25, 0.3) is 0 Å². The van der Waals surface area contributed by atoms with E-state index in [-0.39, 0.29) is 18.1 Å². The summed E-state index contributed by atoms with van der Waals surface area (Å²) in [6, 6.07) is -0.0311. The first kappa shape index (κ1) is 13.5. The number of ether oxygens (including phenoxy) is 1. The summed E-state index contributed by atoms with van der Waals surface area (Å²) in [5.74, 6) is 1.59. The van der Waals surface area contributed by atoms with E-state index in [4.69, 9.17) is 4.74 Å². The van der Waals surface area contributed by atoms with E-state index >= 15 is 0 Å². The molecule has 110 valence electrons. The van der Waals surface area contributed by atoms with Crippen molar-refractivity contribution >= 4 is 5.91 Å². The van der Waals surface area contributed by atoms with Crippen molar-refractivity contribution in [3.63, 3.8) is 0 Å². The van der Waals surface area contributed by atoms with Crippen molar-refractivity contribution in [1.82, 2.24) is 25.4 Å². The summed E-state index contributed by atoms with van der Waals surface area (Å²) >= 11 is 0. The zero-order valence-electron chi connectivity index (χ0n) is 11.8. The second-order valence-corrected chi connectivity index (χ2v) is 5.43. The highest BCUT2D eigenvalue weighted by Gasteiger charge is 2.31. The van der Waals surface area contributed by atoms with Crippen LogP contribution in [0.3, 0.4) is 0 Å². The first-order valence-corrected chi connectivity index (χ1v) is 7.27. The largest absolute Gasteiger partial charge is 0.366 e. The van der Waals surface area contributed by atoms with Crippen LogP contribution >= 0.6 is 0 Å². The zero-order chi connectivity index (χ0) is 13.9. The van der Waals surface area contributed by atoms with E-state index in [9.17, 15) is 4.79 Å². The van der Waals surface area contributed by atoms with E-state index in [1.54, 1.807) is 0 Å². The summed E-state index contributed by atoms with van der Waals surface area (Å²) in [4.78, 5) is 18.7. The number of hydrogen-bond acceptors (Lipinski definition) is 5. The van der Waals surface area contributed by atoms with E-state index in [0.29, 0.717) is 25.5 Å². The van der Waals surface area contributed by atoms with E-state index < -0.39 is 0 Å². The molecule has 0 spiro atoms. The van der Waals surface area contributed by atoms with Crippen molar-refractivity contribution in [2.75, 3.05) is 26.2 Å². The SMILES string of the molecule is Cc1nc(C2CN(C(=O)[C@H]3CCCCN3)CCO2)n[nH]1. The van der Waals surface area contributed by atoms with E-state index in [2.05, 4.69) is 20.5 Å². The fourth-order valence-electron chi connectivity index (χ4n) is 2.79. The predicted molar refractivity (Wildman–Crippen MR) is 72.0 cm³/mol. The monoisotopic (exact) mass is 279 g/mol. The minimum atomic E-state index is -0.221. The molecule has 3 rings (SSSR count). The topological polar surface area (TPSA) is 83.1 Å². The van der Waals surface area contributed by atoms with Crippen molar-refractivity contribution in [1.29, 1.82) is 0 Å². The lowest BCUT2D eigenvalue weighted by atomic mass is 10.0. The Morgan fingerprint density at radius 1 is 1.45 bits per heavy atom. The summed E-state index contributed by atoms with van der Waals surface area (Å²) in [5.41, 5.74) is 0. The molecule has 1 amide bonds. The van der Waals surface area contributed by atoms with Crippen LogP contribution in [-0.2, 0) is 9.53 Å². The molecule has 0 aliphatic carbocycles. The smallest absolute Gasteiger partial charge is 0.239 e. The minimum Gasteiger partial charge on any atom is -0.366 e. The van der Waals surface area contributed by atoms with Gasteiger partial charge < -0.3 is 15.0 Å². The Morgan fingerprint density at radius 3 is 3.05 bits per heavy atom. The van der Waals surface area contributed by atoms with E-state index in [1.807, 2.05) is 11.8 Å². The lowest BCUT2D eigenvalue weighted by Crippen LogP contribution is -2.52. The van der Waals surface area contributed by atoms with Gasteiger partial charge in [-0.15, -0.1) is 0 Å². The highest BCUT2D eigenvalue weighted by Crippen LogP contribution is 2.20. The van der Waals surface area contributed by atoms with Crippen molar-refractivity contribution < 1.29 is 9.53 Å². The number of carbonyl (C=O) groups excluding carboxylic acids is 1. The number of aryl methyl sites for hydroxylation is 1. The number of morpholine rings is 1. The molecule has 7 heteroatoms. The maximum absolute atomic E-state index is 12.5.